The molecule has 1 fully saturated rings. The Labute approximate surface area is 187 Å². The van der Waals surface area contributed by atoms with Gasteiger partial charge in [-0.25, -0.2) is 4.68 Å². The van der Waals surface area contributed by atoms with Crippen molar-refractivity contribution >= 4 is 11.6 Å². The lowest BCUT2D eigenvalue weighted by Crippen LogP contribution is -2.18. The summed E-state index contributed by atoms with van der Waals surface area (Å²) in [7, 11) is 0. The summed E-state index contributed by atoms with van der Waals surface area (Å²) in [6.07, 6.45) is 7.74. The van der Waals surface area contributed by atoms with Crippen LogP contribution in [0.15, 0.2) is 85.3 Å². The molecule has 0 spiro atoms. The van der Waals surface area contributed by atoms with Crippen LogP contribution in [0.5, 0.6) is 0 Å². The van der Waals surface area contributed by atoms with E-state index in [0.29, 0.717) is 11.3 Å². The predicted octanol–water partition coefficient (Wildman–Crippen LogP) is 4.78. The van der Waals surface area contributed by atoms with E-state index in [-0.39, 0.29) is 5.91 Å². The fraction of sp³-hybridized carbons (Fsp3) is 0.192. The molecule has 0 aliphatic carbocycles. The number of benzene rings is 2. The van der Waals surface area contributed by atoms with Gasteiger partial charge < -0.3 is 5.32 Å². The van der Waals surface area contributed by atoms with E-state index in [1.807, 2.05) is 54.6 Å². The van der Waals surface area contributed by atoms with Crippen molar-refractivity contribution in [2.24, 2.45) is 0 Å². The number of hydrogen-bond donors (Lipinski definition) is 1. The Kier molecular flexibility index (Phi) is 5.77. The predicted molar refractivity (Wildman–Crippen MR) is 126 cm³/mol. The molecule has 1 aliphatic heterocycles. The van der Waals surface area contributed by atoms with Gasteiger partial charge in [0.25, 0.3) is 5.91 Å². The molecular weight excluding hydrogens is 398 g/mol. The highest BCUT2D eigenvalue weighted by molar-refractivity contribution is 6.08. The molecule has 0 unspecified atom stereocenters. The van der Waals surface area contributed by atoms with Crippen molar-refractivity contribution < 1.29 is 4.79 Å². The van der Waals surface area contributed by atoms with Gasteiger partial charge in [-0.15, -0.1) is 0 Å². The van der Waals surface area contributed by atoms with Crippen LogP contribution in [0.2, 0.25) is 0 Å². The molecule has 0 radical (unpaired) electrons. The minimum Gasteiger partial charge on any atom is -0.322 e. The van der Waals surface area contributed by atoms with Crippen LogP contribution in [0.1, 0.15) is 28.8 Å². The minimum absolute atomic E-state index is 0.190. The van der Waals surface area contributed by atoms with E-state index in [0.717, 1.165) is 36.6 Å². The average molecular weight is 424 g/mol. The Balaban J connectivity index is 1.43. The van der Waals surface area contributed by atoms with Crippen molar-refractivity contribution in [1.29, 1.82) is 0 Å². The summed E-state index contributed by atoms with van der Waals surface area (Å²) < 4.78 is 1.74. The molecule has 2 aromatic carbocycles. The van der Waals surface area contributed by atoms with Crippen LogP contribution in [0.4, 0.5) is 5.69 Å². The number of hydrogen-bond acceptors (Lipinski definition) is 4. The molecule has 6 nitrogen and oxygen atoms in total. The van der Waals surface area contributed by atoms with Crippen molar-refractivity contribution in [3.63, 3.8) is 0 Å². The van der Waals surface area contributed by atoms with Gasteiger partial charge in [0.2, 0.25) is 0 Å². The highest BCUT2D eigenvalue weighted by Crippen LogP contribution is 2.24. The van der Waals surface area contributed by atoms with Gasteiger partial charge in [-0.2, -0.15) is 5.10 Å². The second-order valence-corrected chi connectivity index (χ2v) is 8.05. The highest BCUT2D eigenvalue weighted by atomic mass is 16.1. The normalized spacial score (nSPS) is 13.9. The number of nitrogens with zero attached hydrogens (tertiary/aromatic N) is 4. The quantitative estimate of drug-likeness (QED) is 0.485. The Bertz CT molecular complexity index is 1200. The maximum Gasteiger partial charge on any atom is 0.259 e. The van der Waals surface area contributed by atoms with Crippen LogP contribution in [-0.2, 0) is 6.54 Å². The Morgan fingerprint density at radius 3 is 2.59 bits per heavy atom. The molecule has 1 saturated heterocycles. The lowest BCUT2D eigenvalue weighted by atomic mass is 10.1. The fourth-order valence-corrected chi connectivity index (χ4v) is 4.11. The van der Waals surface area contributed by atoms with Crippen molar-refractivity contribution in [2.45, 2.75) is 19.4 Å². The SMILES string of the molecule is O=C(Nc1cccc(CN2CCCC2)c1)c1cn(-c2ccccc2)nc1-c1cccnc1. The fourth-order valence-electron chi connectivity index (χ4n) is 4.11. The first-order chi connectivity index (χ1) is 15.8. The molecule has 1 aliphatic rings. The maximum absolute atomic E-state index is 13.3. The summed E-state index contributed by atoms with van der Waals surface area (Å²) in [5.41, 5.74) is 4.80. The maximum atomic E-state index is 13.3. The first-order valence-electron chi connectivity index (χ1n) is 10.9. The number of likely N-dealkylation sites (tertiary alicyclic amines) is 1. The van der Waals surface area contributed by atoms with Crippen LogP contribution < -0.4 is 5.32 Å². The number of amides is 1. The van der Waals surface area contributed by atoms with E-state index in [1.54, 1.807) is 23.3 Å². The second kappa shape index (κ2) is 9.16. The van der Waals surface area contributed by atoms with Crippen molar-refractivity contribution in [1.82, 2.24) is 19.7 Å². The minimum atomic E-state index is -0.190. The van der Waals surface area contributed by atoms with Crippen LogP contribution in [0.3, 0.4) is 0 Å². The largest absolute Gasteiger partial charge is 0.322 e. The van der Waals surface area contributed by atoms with E-state index in [2.05, 4.69) is 27.3 Å². The number of carbonyl (C=O) groups is 1. The molecule has 4 aromatic rings. The standard InChI is InChI=1S/C26H25N5O/c32-26(28-22-10-6-8-20(16-22)18-30-14-4-5-15-30)24-19-31(23-11-2-1-3-12-23)29-25(24)21-9-7-13-27-17-21/h1-3,6-13,16-17,19H,4-5,14-15,18H2,(H,28,32). The van der Waals surface area contributed by atoms with Crippen molar-refractivity contribution in [3.8, 4) is 16.9 Å². The molecule has 5 rings (SSSR count). The van der Waals surface area contributed by atoms with Gasteiger partial charge in [0.1, 0.15) is 5.69 Å². The number of rotatable bonds is 6. The molecule has 0 bridgehead atoms. The monoisotopic (exact) mass is 423 g/mol. The first-order valence-corrected chi connectivity index (χ1v) is 10.9. The third kappa shape index (κ3) is 4.45. The summed E-state index contributed by atoms with van der Waals surface area (Å²) in [4.78, 5) is 20.0. The zero-order chi connectivity index (χ0) is 21.8. The van der Waals surface area contributed by atoms with Crippen LogP contribution in [0.25, 0.3) is 16.9 Å². The summed E-state index contributed by atoms with van der Waals surface area (Å²) in [6.45, 7) is 3.20. The lowest BCUT2D eigenvalue weighted by Gasteiger charge is -2.15. The topological polar surface area (TPSA) is 63.1 Å². The summed E-state index contributed by atoms with van der Waals surface area (Å²) >= 11 is 0. The zero-order valence-corrected chi connectivity index (χ0v) is 17.8. The van der Waals surface area contributed by atoms with E-state index in [1.165, 1.54) is 18.4 Å². The van der Waals surface area contributed by atoms with E-state index < -0.39 is 0 Å². The summed E-state index contributed by atoms with van der Waals surface area (Å²) in [6, 6.07) is 21.6. The molecule has 1 N–H and O–H groups in total. The smallest absolute Gasteiger partial charge is 0.259 e. The van der Waals surface area contributed by atoms with Crippen molar-refractivity contribution in [3.05, 3.63) is 96.4 Å². The summed E-state index contributed by atoms with van der Waals surface area (Å²) in [5, 5.41) is 7.78. The van der Waals surface area contributed by atoms with Gasteiger partial charge in [-0.1, -0.05) is 30.3 Å². The molecule has 0 saturated carbocycles. The number of anilines is 1. The zero-order valence-electron chi connectivity index (χ0n) is 17.8. The van der Waals surface area contributed by atoms with Crippen LogP contribution in [0, 0.1) is 0 Å². The molecule has 0 atom stereocenters. The van der Waals surface area contributed by atoms with E-state index >= 15 is 0 Å². The molecule has 160 valence electrons. The van der Waals surface area contributed by atoms with E-state index in [9.17, 15) is 4.79 Å². The Morgan fingerprint density at radius 1 is 0.969 bits per heavy atom. The second-order valence-electron chi connectivity index (χ2n) is 8.05. The number of nitrogens with one attached hydrogen (secondary N) is 1. The lowest BCUT2D eigenvalue weighted by molar-refractivity contribution is 0.102. The third-order valence-electron chi connectivity index (χ3n) is 5.70. The Morgan fingerprint density at radius 2 is 1.81 bits per heavy atom. The van der Waals surface area contributed by atoms with Gasteiger partial charge in [-0.05, 0) is 67.9 Å². The van der Waals surface area contributed by atoms with Crippen LogP contribution >= 0.6 is 0 Å². The molecule has 2 aromatic heterocycles. The first kappa shape index (κ1) is 20.2. The van der Waals surface area contributed by atoms with Gasteiger partial charge in [0.05, 0.1) is 11.3 Å². The highest BCUT2D eigenvalue weighted by Gasteiger charge is 2.19. The Hall–Kier alpha value is -3.77. The van der Waals surface area contributed by atoms with Crippen molar-refractivity contribution in [2.75, 3.05) is 18.4 Å². The van der Waals surface area contributed by atoms with Gasteiger partial charge >= 0.3 is 0 Å². The number of carbonyl (C=O) groups excluding carboxylic acids is 1. The average Bonchev–Trinajstić information content (AvgIpc) is 3.51. The van der Waals surface area contributed by atoms with Gasteiger partial charge in [0.15, 0.2) is 0 Å². The molecule has 6 heteroatoms. The molecule has 32 heavy (non-hydrogen) atoms. The number of para-hydroxylation sites is 1. The number of aromatic nitrogens is 3. The summed E-state index contributed by atoms with van der Waals surface area (Å²) in [5.74, 6) is -0.190. The molecule has 1 amide bonds. The van der Waals surface area contributed by atoms with E-state index in [4.69, 9.17) is 5.10 Å². The molecular formula is C26H25N5O. The van der Waals surface area contributed by atoms with Crippen LogP contribution in [-0.4, -0.2) is 38.7 Å². The van der Waals surface area contributed by atoms with Gasteiger partial charge in [0, 0.05) is 36.4 Å². The molecule has 3 heterocycles. The number of pyridine rings is 1. The third-order valence-corrected chi connectivity index (χ3v) is 5.70. The van der Waals surface area contributed by atoms with Gasteiger partial charge in [-0.3, -0.25) is 14.7 Å².